The lowest BCUT2D eigenvalue weighted by Crippen LogP contribution is -2.48. The summed E-state index contributed by atoms with van der Waals surface area (Å²) in [5.41, 5.74) is 1.74. The first kappa shape index (κ1) is 23.2. The highest BCUT2D eigenvalue weighted by Gasteiger charge is 2.26. The standard InChI is InChI=1S/C27H33N5O3/c1-3-29(4-2)27(34)31-15-11-22(12-16-31)35-23-7-9-25(28-19-23)32-17-10-20-18-21(6-8-24(20)32)26(33)30-13-5-14-30/h6-10,17-19,22H,3-5,11-16H2,1-2H3. The fraction of sp³-hybridized carbons (Fsp3) is 0.444. The number of benzene rings is 1. The Kier molecular flexibility index (Phi) is 6.61. The van der Waals surface area contributed by atoms with Crippen molar-refractivity contribution in [2.45, 2.75) is 39.2 Å². The Hall–Kier alpha value is -3.55. The largest absolute Gasteiger partial charge is 0.489 e. The number of likely N-dealkylation sites (tertiary alicyclic amines) is 2. The molecule has 2 aromatic heterocycles. The molecule has 2 aliphatic heterocycles. The zero-order valence-corrected chi connectivity index (χ0v) is 20.5. The minimum absolute atomic E-state index is 0.0816. The van der Waals surface area contributed by atoms with Gasteiger partial charge in [-0.25, -0.2) is 9.78 Å². The number of piperidine rings is 1. The number of carbonyl (C=O) groups is 2. The molecule has 5 rings (SSSR count). The summed E-state index contributed by atoms with van der Waals surface area (Å²) in [7, 11) is 0. The maximum atomic E-state index is 12.5. The Morgan fingerprint density at radius 3 is 2.40 bits per heavy atom. The molecule has 0 N–H and O–H groups in total. The average molecular weight is 476 g/mol. The number of urea groups is 1. The van der Waals surface area contributed by atoms with Crippen molar-refractivity contribution in [1.29, 1.82) is 0 Å². The predicted octanol–water partition coefficient (Wildman–Crippen LogP) is 4.18. The zero-order chi connectivity index (χ0) is 24.4. The lowest BCUT2D eigenvalue weighted by Gasteiger charge is -2.35. The van der Waals surface area contributed by atoms with Crippen LogP contribution in [0.1, 0.15) is 43.5 Å². The number of ether oxygens (including phenoxy) is 1. The fourth-order valence-corrected chi connectivity index (χ4v) is 4.81. The number of carbonyl (C=O) groups excluding carboxylic acids is 2. The SMILES string of the molecule is CCN(CC)C(=O)N1CCC(Oc2ccc(-n3ccc4cc(C(=O)N5CCC5)ccc43)nc2)CC1. The molecule has 0 atom stereocenters. The van der Waals surface area contributed by atoms with Gasteiger partial charge in [0.15, 0.2) is 0 Å². The molecule has 4 heterocycles. The van der Waals surface area contributed by atoms with E-state index in [1.807, 2.05) is 75.7 Å². The van der Waals surface area contributed by atoms with Crippen LogP contribution < -0.4 is 4.74 Å². The highest BCUT2D eigenvalue weighted by atomic mass is 16.5. The molecule has 3 amide bonds. The Labute approximate surface area is 206 Å². The Balaban J connectivity index is 1.21. The number of nitrogens with zero attached hydrogens (tertiary/aromatic N) is 5. The van der Waals surface area contributed by atoms with Gasteiger partial charge in [-0.2, -0.15) is 0 Å². The predicted molar refractivity (Wildman–Crippen MR) is 135 cm³/mol. The molecule has 35 heavy (non-hydrogen) atoms. The van der Waals surface area contributed by atoms with Crippen molar-refractivity contribution in [3.8, 4) is 11.6 Å². The van der Waals surface area contributed by atoms with Gasteiger partial charge in [-0.05, 0) is 56.7 Å². The van der Waals surface area contributed by atoms with Gasteiger partial charge < -0.3 is 24.0 Å². The number of pyridine rings is 1. The quantitative estimate of drug-likeness (QED) is 0.536. The Bertz CT molecular complexity index is 1190. The molecule has 0 saturated carbocycles. The monoisotopic (exact) mass is 475 g/mol. The summed E-state index contributed by atoms with van der Waals surface area (Å²) in [5, 5.41) is 1.02. The van der Waals surface area contributed by atoms with Crippen molar-refractivity contribution in [2.75, 3.05) is 39.3 Å². The molecule has 2 aliphatic rings. The molecule has 2 saturated heterocycles. The number of rotatable bonds is 6. The molecule has 0 radical (unpaired) electrons. The molecule has 1 aromatic carbocycles. The van der Waals surface area contributed by atoms with Crippen LogP contribution in [-0.4, -0.2) is 81.6 Å². The lowest BCUT2D eigenvalue weighted by atomic mass is 10.1. The van der Waals surface area contributed by atoms with Gasteiger partial charge in [-0.3, -0.25) is 4.79 Å². The van der Waals surface area contributed by atoms with Crippen molar-refractivity contribution in [3.05, 3.63) is 54.4 Å². The van der Waals surface area contributed by atoms with Crippen LogP contribution in [0.15, 0.2) is 48.8 Å². The van der Waals surface area contributed by atoms with E-state index >= 15 is 0 Å². The van der Waals surface area contributed by atoms with E-state index in [-0.39, 0.29) is 18.0 Å². The van der Waals surface area contributed by atoms with Crippen molar-refractivity contribution >= 4 is 22.8 Å². The van der Waals surface area contributed by atoms with Gasteiger partial charge in [0.05, 0.1) is 11.7 Å². The van der Waals surface area contributed by atoms with Crippen LogP contribution in [0.4, 0.5) is 4.79 Å². The van der Waals surface area contributed by atoms with Crippen LogP contribution in [0.5, 0.6) is 5.75 Å². The molecule has 0 unspecified atom stereocenters. The normalized spacial score (nSPS) is 16.3. The minimum Gasteiger partial charge on any atom is -0.489 e. The van der Waals surface area contributed by atoms with Crippen LogP contribution in [0.25, 0.3) is 16.7 Å². The van der Waals surface area contributed by atoms with E-state index in [0.717, 1.165) is 73.5 Å². The summed E-state index contributed by atoms with van der Waals surface area (Å²) < 4.78 is 8.19. The molecule has 0 aliphatic carbocycles. The van der Waals surface area contributed by atoms with E-state index in [1.165, 1.54) is 0 Å². The summed E-state index contributed by atoms with van der Waals surface area (Å²) in [5.74, 6) is 1.64. The molecule has 3 aromatic rings. The van der Waals surface area contributed by atoms with Gasteiger partial charge in [0.2, 0.25) is 0 Å². The molecule has 8 heteroatoms. The van der Waals surface area contributed by atoms with E-state index in [1.54, 1.807) is 6.20 Å². The van der Waals surface area contributed by atoms with E-state index in [0.29, 0.717) is 13.1 Å². The first-order valence-corrected chi connectivity index (χ1v) is 12.6. The van der Waals surface area contributed by atoms with E-state index in [4.69, 9.17) is 4.74 Å². The second-order valence-electron chi connectivity index (χ2n) is 9.22. The average Bonchev–Trinajstić information content (AvgIpc) is 3.28. The topological polar surface area (TPSA) is 70.9 Å². The van der Waals surface area contributed by atoms with Crippen molar-refractivity contribution in [1.82, 2.24) is 24.3 Å². The van der Waals surface area contributed by atoms with E-state index in [9.17, 15) is 9.59 Å². The van der Waals surface area contributed by atoms with Crippen molar-refractivity contribution < 1.29 is 14.3 Å². The van der Waals surface area contributed by atoms with Gasteiger partial charge in [-0.15, -0.1) is 0 Å². The summed E-state index contributed by atoms with van der Waals surface area (Å²) in [6.07, 6.45) is 6.54. The van der Waals surface area contributed by atoms with Gasteiger partial charge in [0.25, 0.3) is 5.91 Å². The highest BCUT2D eigenvalue weighted by Crippen LogP contribution is 2.25. The van der Waals surface area contributed by atoms with Crippen LogP contribution in [0.3, 0.4) is 0 Å². The molecule has 184 valence electrons. The van der Waals surface area contributed by atoms with Gasteiger partial charge in [-0.1, -0.05) is 0 Å². The molecule has 0 bridgehead atoms. The van der Waals surface area contributed by atoms with E-state index < -0.39 is 0 Å². The van der Waals surface area contributed by atoms with E-state index in [2.05, 4.69) is 4.98 Å². The third kappa shape index (κ3) is 4.70. The zero-order valence-electron chi connectivity index (χ0n) is 20.5. The summed E-state index contributed by atoms with van der Waals surface area (Å²) in [4.78, 5) is 35.4. The molecular weight excluding hydrogens is 442 g/mol. The van der Waals surface area contributed by atoms with Crippen LogP contribution >= 0.6 is 0 Å². The number of aromatic nitrogens is 2. The number of hydrogen-bond donors (Lipinski definition) is 0. The molecular formula is C27H33N5O3. The smallest absolute Gasteiger partial charge is 0.319 e. The second-order valence-corrected chi connectivity index (χ2v) is 9.22. The van der Waals surface area contributed by atoms with Gasteiger partial charge in [0, 0.05) is 69.3 Å². The summed E-state index contributed by atoms with van der Waals surface area (Å²) >= 11 is 0. The third-order valence-electron chi connectivity index (χ3n) is 7.10. The first-order chi connectivity index (χ1) is 17.1. The first-order valence-electron chi connectivity index (χ1n) is 12.6. The molecule has 8 nitrogen and oxygen atoms in total. The number of fused-ring (bicyclic) bond motifs is 1. The minimum atomic E-state index is 0.0816. The Morgan fingerprint density at radius 2 is 1.77 bits per heavy atom. The number of amides is 3. The molecule has 2 fully saturated rings. The third-order valence-corrected chi connectivity index (χ3v) is 7.10. The number of hydrogen-bond acceptors (Lipinski definition) is 4. The summed E-state index contributed by atoms with van der Waals surface area (Å²) in [6.45, 7) is 8.62. The Morgan fingerprint density at radius 1 is 1.00 bits per heavy atom. The lowest BCUT2D eigenvalue weighted by molar-refractivity contribution is 0.0652. The fourth-order valence-electron chi connectivity index (χ4n) is 4.81. The molecule has 0 spiro atoms. The van der Waals surface area contributed by atoms with Crippen LogP contribution in [-0.2, 0) is 0 Å². The maximum absolute atomic E-state index is 12.5. The van der Waals surface area contributed by atoms with Crippen molar-refractivity contribution in [2.24, 2.45) is 0 Å². The van der Waals surface area contributed by atoms with Gasteiger partial charge in [0.1, 0.15) is 17.7 Å². The maximum Gasteiger partial charge on any atom is 0.319 e. The highest BCUT2D eigenvalue weighted by molar-refractivity contribution is 5.98. The van der Waals surface area contributed by atoms with Crippen LogP contribution in [0.2, 0.25) is 0 Å². The van der Waals surface area contributed by atoms with Gasteiger partial charge >= 0.3 is 6.03 Å². The van der Waals surface area contributed by atoms with Crippen molar-refractivity contribution in [3.63, 3.8) is 0 Å². The summed E-state index contributed by atoms with van der Waals surface area (Å²) in [6, 6.07) is 11.9. The van der Waals surface area contributed by atoms with Crippen LogP contribution in [0, 0.1) is 0 Å². The second kappa shape index (κ2) is 9.98.